The summed E-state index contributed by atoms with van der Waals surface area (Å²) in [4.78, 5) is 26.6. The van der Waals surface area contributed by atoms with Gasteiger partial charge in [0.1, 0.15) is 28.7 Å². The molecule has 4 rings (SSSR count). The number of primary amides is 1. The Morgan fingerprint density at radius 1 is 1.27 bits per heavy atom. The number of amides is 3. The van der Waals surface area contributed by atoms with Crippen LogP contribution in [-0.4, -0.2) is 54.0 Å². The number of halogens is 1. The molecule has 11 heteroatoms. The van der Waals surface area contributed by atoms with Crippen LogP contribution in [0.1, 0.15) is 47.2 Å². The van der Waals surface area contributed by atoms with Gasteiger partial charge < -0.3 is 25.4 Å². The molecule has 178 valence electrons. The van der Waals surface area contributed by atoms with Crippen molar-refractivity contribution in [1.82, 2.24) is 14.6 Å². The Bertz CT molecular complexity index is 1010. The van der Waals surface area contributed by atoms with Crippen molar-refractivity contribution in [2.24, 2.45) is 5.73 Å². The Morgan fingerprint density at radius 2 is 2.09 bits per heavy atom. The van der Waals surface area contributed by atoms with Crippen molar-refractivity contribution < 1.29 is 23.5 Å². The van der Waals surface area contributed by atoms with E-state index < -0.39 is 17.8 Å². The minimum absolute atomic E-state index is 0.0398. The zero-order valence-corrected chi connectivity index (χ0v) is 19.1. The average Bonchev–Trinajstić information content (AvgIpc) is 3.52. The number of unbranched alkanes of at least 4 members (excludes halogenated alkanes) is 1. The molecule has 0 bridgehead atoms. The molecule has 1 aromatic heterocycles. The summed E-state index contributed by atoms with van der Waals surface area (Å²) in [5, 5.41) is 5.57. The normalized spacial score (nSPS) is 15.2. The first-order valence-corrected chi connectivity index (χ1v) is 11.9. The van der Waals surface area contributed by atoms with E-state index in [1.807, 2.05) is 0 Å². The van der Waals surface area contributed by atoms with Gasteiger partial charge in [0.15, 0.2) is 0 Å². The van der Waals surface area contributed by atoms with Gasteiger partial charge in [0.25, 0.3) is 5.91 Å². The predicted octanol–water partition coefficient (Wildman–Crippen LogP) is 2.89. The van der Waals surface area contributed by atoms with Crippen LogP contribution >= 0.6 is 11.5 Å². The Hall–Kier alpha value is -2.92. The van der Waals surface area contributed by atoms with Crippen LogP contribution in [0.5, 0.6) is 11.6 Å². The highest BCUT2D eigenvalue weighted by molar-refractivity contribution is 7.11. The van der Waals surface area contributed by atoms with Crippen LogP contribution < -0.4 is 25.8 Å². The van der Waals surface area contributed by atoms with Crippen LogP contribution in [0, 0.1) is 5.82 Å². The summed E-state index contributed by atoms with van der Waals surface area (Å²) >= 11 is 0.880. The lowest BCUT2D eigenvalue weighted by Crippen LogP contribution is -2.30. The SMILES string of the molecule is NC(=O)c1c(OCc2cc3c(cc2F)CCO3)nsc1NC(=O)NCCCCN1CCCC1. The second kappa shape index (κ2) is 10.8. The molecule has 9 nitrogen and oxygen atoms in total. The zero-order chi connectivity index (χ0) is 23.2. The highest BCUT2D eigenvalue weighted by Gasteiger charge is 2.23. The molecule has 3 amide bonds. The number of urea groups is 1. The number of anilines is 1. The zero-order valence-electron chi connectivity index (χ0n) is 18.3. The van der Waals surface area contributed by atoms with Gasteiger partial charge in [0, 0.05) is 24.1 Å². The Morgan fingerprint density at radius 3 is 2.88 bits per heavy atom. The number of aromatic nitrogens is 1. The van der Waals surface area contributed by atoms with E-state index in [4.69, 9.17) is 15.2 Å². The monoisotopic (exact) mass is 477 g/mol. The number of hydrogen-bond acceptors (Lipinski definition) is 7. The highest BCUT2D eigenvalue weighted by atomic mass is 32.1. The molecule has 2 aromatic rings. The molecule has 0 unspecified atom stereocenters. The van der Waals surface area contributed by atoms with Crippen molar-refractivity contribution in [1.29, 1.82) is 0 Å². The van der Waals surface area contributed by atoms with Gasteiger partial charge in [-0.05, 0) is 69.0 Å². The number of hydrogen-bond donors (Lipinski definition) is 3. The summed E-state index contributed by atoms with van der Waals surface area (Å²) in [6, 6.07) is 2.57. The molecular weight excluding hydrogens is 449 g/mol. The third-order valence-electron chi connectivity index (χ3n) is 5.74. The fourth-order valence-corrected chi connectivity index (χ4v) is 4.72. The number of nitrogens with two attached hydrogens (primary N) is 1. The first-order valence-electron chi connectivity index (χ1n) is 11.1. The molecule has 33 heavy (non-hydrogen) atoms. The average molecular weight is 478 g/mol. The van der Waals surface area contributed by atoms with E-state index in [0.29, 0.717) is 25.3 Å². The van der Waals surface area contributed by atoms with Gasteiger partial charge in [0.05, 0.1) is 6.61 Å². The first-order chi connectivity index (χ1) is 16.0. The van der Waals surface area contributed by atoms with E-state index in [9.17, 15) is 14.0 Å². The number of fused-ring (bicyclic) bond motifs is 1. The van der Waals surface area contributed by atoms with Gasteiger partial charge in [-0.25, -0.2) is 9.18 Å². The summed E-state index contributed by atoms with van der Waals surface area (Å²) < 4.78 is 29.4. The number of rotatable bonds is 10. The van der Waals surface area contributed by atoms with Crippen LogP contribution in [0.25, 0.3) is 0 Å². The molecule has 0 spiro atoms. The molecule has 0 saturated carbocycles. The van der Waals surface area contributed by atoms with Crippen molar-refractivity contribution in [2.75, 3.05) is 38.1 Å². The molecule has 2 aliphatic heterocycles. The van der Waals surface area contributed by atoms with E-state index in [1.54, 1.807) is 6.07 Å². The lowest BCUT2D eigenvalue weighted by atomic mass is 10.1. The van der Waals surface area contributed by atoms with Crippen LogP contribution in [-0.2, 0) is 13.0 Å². The number of likely N-dealkylation sites (tertiary alicyclic amines) is 1. The molecule has 0 radical (unpaired) electrons. The summed E-state index contributed by atoms with van der Waals surface area (Å²) in [6.45, 7) is 4.25. The Labute approximate surface area is 195 Å². The fraction of sp³-hybridized carbons (Fsp3) is 0.500. The van der Waals surface area contributed by atoms with Gasteiger partial charge >= 0.3 is 6.03 Å². The molecule has 3 heterocycles. The van der Waals surface area contributed by atoms with Gasteiger partial charge in [-0.1, -0.05) is 0 Å². The largest absolute Gasteiger partial charge is 0.493 e. The summed E-state index contributed by atoms with van der Waals surface area (Å²) in [7, 11) is 0. The second-order valence-electron chi connectivity index (χ2n) is 8.13. The van der Waals surface area contributed by atoms with Gasteiger partial charge in [-0.15, -0.1) is 0 Å². The topological polar surface area (TPSA) is 119 Å². The van der Waals surface area contributed by atoms with Crippen molar-refractivity contribution in [3.63, 3.8) is 0 Å². The lowest BCUT2D eigenvalue weighted by Gasteiger charge is -2.14. The molecule has 1 fully saturated rings. The molecule has 1 aromatic carbocycles. The van der Waals surface area contributed by atoms with Crippen molar-refractivity contribution in [3.05, 3.63) is 34.6 Å². The van der Waals surface area contributed by atoms with E-state index in [0.717, 1.165) is 49.6 Å². The molecular formula is C22H28FN5O4S. The van der Waals surface area contributed by atoms with Crippen LogP contribution in [0.3, 0.4) is 0 Å². The smallest absolute Gasteiger partial charge is 0.319 e. The van der Waals surface area contributed by atoms with Crippen LogP contribution in [0.4, 0.5) is 14.2 Å². The molecule has 2 aliphatic rings. The van der Waals surface area contributed by atoms with Crippen molar-refractivity contribution in [3.8, 4) is 11.6 Å². The highest BCUT2D eigenvalue weighted by Crippen LogP contribution is 2.32. The minimum atomic E-state index is -0.794. The Kier molecular flexibility index (Phi) is 7.61. The molecule has 0 atom stereocenters. The maximum atomic E-state index is 14.3. The standard InChI is InChI=1S/C22H28FN5O4S/c23-16-11-14-5-10-31-17(14)12-15(16)13-32-20-18(19(24)29)21(33-27-20)26-22(30)25-6-1-2-7-28-8-3-4-9-28/h11-12H,1-10,13H2,(H2,24,29)(H2,25,26,30). The molecule has 0 aliphatic carbocycles. The van der Waals surface area contributed by atoms with Crippen LogP contribution in [0.2, 0.25) is 0 Å². The number of benzene rings is 1. The van der Waals surface area contributed by atoms with Gasteiger partial charge in [-0.2, -0.15) is 4.37 Å². The number of carbonyl (C=O) groups is 2. The number of nitrogens with zero attached hydrogens (tertiary/aromatic N) is 2. The van der Waals surface area contributed by atoms with Gasteiger partial charge in [0.2, 0.25) is 5.88 Å². The van der Waals surface area contributed by atoms with E-state index in [1.165, 1.54) is 18.9 Å². The lowest BCUT2D eigenvalue weighted by molar-refractivity contribution is 0.0996. The summed E-state index contributed by atoms with van der Waals surface area (Å²) in [5.74, 6) is -0.632. The first kappa shape index (κ1) is 23.2. The summed E-state index contributed by atoms with van der Waals surface area (Å²) in [6.07, 6.45) is 5.07. The van der Waals surface area contributed by atoms with E-state index in [-0.39, 0.29) is 28.6 Å². The number of carbonyl (C=O) groups excluding carboxylic acids is 2. The van der Waals surface area contributed by atoms with Crippen molar-refractivity contribution >= 4 is 28.5 Å². The molecule has 4 N–H and O–H groups in total. The number of ether oxygens (including phenoxy) is 2. The third kappa shape index (κ3) is 5.91. The van der Waals surface area contributed by atoms with E-state index in [2.05, 4.69) is 19.9 Å². The maximum Gasteiger partial charge on any atom is 0.319 e. The fourth-order valence-electron chi connectivity index (χ4n) is 3.99. The minimum Gasteiger partial charge on any atom is -0.493 e. The maximum absolute atomic E-state index is 14.3. The second-order valence-corrected chi connectivity index (χ2v) is 8.90. The van der Waals surface area contributed by atoms with Crippen molar-refractivity contribution in [2.45, 2.75) is 38.7 Å². The van der Waals surface area contributed by atoms with Crippen LogP contribution in [0.15, 0.2) is 12.1 Å². The molecule has 1 saturated heterocycles. The third-order valence-corrected chi connectivity index (χ3v) is 6.49. The predicted molar refractivity (Wildman–Crippen MR) is 122 cm³/mol. The quantitative estimate of drug-likeness (QED) is 0.453. The number of nitrogens with one attached hydrogen (secondary N) is 2. The van der Waals surface area contributed by atoms with E-state index >= 15 is 0 Å². The van der Waals surface area contributed by atoms with Gasteiger partial charge in [-0.3, -0.25) is 10.1 Å². The Balaban J connectivity index is 1.29. The summed E-state index contributed by atoms with van der Waals surface area (Å²) in [5.41, 5.74) is 6.54.